The van der Waals surface area contributed by atoms with Crippen LogP contribution in [0.2, 0.25) is 0 Å². The van der Waals surface area contributed by atoms with Gasteiger partial charge in [-0.15, -0.1) is 11.3 Å². The second kappa shape index (κ2) is 6.57. The summed E-state index contributed by atoms with van der Waals surface area (Å²) in [6.07, 6.45) is 1.72. The van der Waals surface area contributed by atoms with Crippen molar-refractivity contribution in [3.63, 3.8) is 0 Å². The fourth-order valence-corrected chi connectivity index (χ4v) is 3.34. The summed E-state index contributed by atoms with van der Waals surface area (Å²) in [7, 11) is 1.67. The van der Waals surface area contributed by atoms with E-state index in [0.717, 1.165) is 26.8 Å². The summed E-state index contributed by atoms with van der Waals surface area (Å²) in [5.41, 5.74) is 5.51. The molecular weight excluding hydrogens is 360 g/mol. The standard InChI is InChI=1S/C17H13BrN2OS/c1-11(21-2)17-14(18)7-13(9-19-17)4-3-12-5-6-16-15(8-12)20-10-22-16/h5-11H,1-2H3/t11-/m0/s1. The van der Waals surface area contributed by atoms with Gasteiger partial charge in [0.25, 0.3) is 0 Å². The fraction of sp³-hybridized carbons (Fsp3) is 0.176. The molecule has 0 aliphatic carbocycles. The van der Waals surface area contributed by atoms with E-state index < -0.39 is 0 Å². The van der Waals surface area contributed by atoms with Crippen molar-refractivity contribution >= 4 is 37.5 Å². The normalized spacial score (nSPS) is 12.0. The van der Waals surface area contributed by atoms with E-state index in [1.54, 1.807) is 24.6 Å². The molecule has 1 atom stereocenters. The maximum Gasteiger partial charge on any atom is 0.0974 e. The Morgan fingerprint density at radius 1 is 1.18 bits per heavy atom. The molecule has 22 heavy (non-hydrogen) atoms. The van der Waals surface area contributed by atoms with Crippen LogP contribution in [-0.4, -0.2) is 17.1 Å². The first kappa shape index (κ1) is 15.2. The second-order valence-corrected chi connectivity index (χ2v) is 6.49. The minimum Gasteiger partial charge on any atom is -0.375 e. The first-order valence-corrected chi connectivity index (χ1v) is 8.38. The third-order valence-corrected chi connectivity index (χ3v) is 4.73. The predicted octanol–water partition coefficient (Wildman–Crippen LogP) is 4.56. The molecule has 0 aliphatic rings. The van der Waals surface area contributed by atoms with Crippen molar-refractivity contribution in [2.75, 3.05) is 7.11 Å². The van der Waals surface area contributed by atoms with E-state index in [1.165, 1.54) is 4.70 Å². The SMILES string of the molecule is CO[C@@H](C)c1ncc(C#Cc2ccc3scnc3c2)cc1Br. The van der Waals surface area contributed by atoms with Gasteiger partial charge in [0.1, 0.15) is 0 Å². The van der Waals surface area contributed by atoms with Crippen molar-refractivity contribution < 1.29 is 4.74 Å². The van der Waals surface area contributed by atoms with Crippen LogP contribution in [0.1, 0.15) is 29.8 Å². The van der Waals surface area contributed by atoms with E-state index in [4.69, 9.17) is 4.74 Å². The topological polar surface area (TPSA) is 35.0 Å². The van der Waals surface area contributed by atoms with Gasteiger partial charge in [0, 0.05) is 28.9 Å². The van der Waals surface area contributed by atoms with Gasteiger partial charge in [-0.3, -0.25) is 4.98 Å². The Morgan fingerprint density at radius 3 is 2.77 bits per heavy atom. The Labute approximate surface area is 141 Å². The maximum absolute atomic E-state index is 5.28. The summed E-state index contributed by atoms with van der Waals surface area (Å²) in [5, 5.41) is 0. The molecule has 1 aromatic carbocycles. The number of aromatic nitrogens is 2. The van der Waals surface area contributed by atoms with Gasteiger partial charge in [0.15, 0.2) is 0 Å². The third-order valence-electron chi connectivity index (χ3n) is 3.29. The number of hydrogen-bond acceptors (Lipinski definition) is 4. The zero-order valence-corrected chi connectivity index (χ0v) is 14.5. The molecule has 0 amide bonds. The first-order valence-electron chi connectivity index (χ1n) is 6.71. The van der Waals surface area contributed by atoms with E-state index in [1.807, 2.05) is 30.6 Å². The largest absolute Gasteiger partial charge is 0.375 e. The highest BCUT2D eigenvalue weighted by molar-refractivity contribution is 9.10. The van der Waals surface area contributed by atoms with Gasteiger partial charge in [0.05, 0.1) is 27.5 Å². The van der Waals surface area contributed by atoms with E-state index in [9.17, 15) is 0 Å². The number of hydrogen-bond donors (Lipinski definition) is 0. The number of rotatable bonds is 2. The average molecular weight is 373 g/mol. The Balaban J connectivity index is 1.88. The minimum atomic E-state index is -0.0524. The fourth-order valence-electron chi connectivity index (χ4n) is 2.01. The Morgan fingerprint density at radius 2 is 2.00 bits per heavy atom. The van der Waals surface area contributed by atoms with Crippen LogP contribution in [0.3, 0.4) is 0 Å². The molecule has 0 bridgehead atoms. The smallest absolute Gasteiger partial charge is 0.0974 e. The Hall–Kier alpha value is -1.74. The van der Waals surface area contributed by atoms with Crippen LogP contribution in [0.25, 0.3) is 10.2 Å². The maximum atomic E-state index is 5.28. The highest BCUT2D eigenvalue weighted by Gasteiger charge is 2.10. The molecule has 0 saturated heterocycles. The van der Waals surface area contributed by atoms with Gasteiger partial charge < -0.3 is 4.74 Å². The molecule has 0 unspecified atom stereocenters. The van der Waals surface area contributed by atoms with Gasteiger partial charge in [-0.1, -0.05) is 11.8 Å². The van der Waals surface area contributed by atoms with Crippen LogP contribution in [0.15, 0.2) is 40.4 Å². The first-order chi connectivity index (χ1) is 10.7. The number of nitrogens with zero attached hydrogens (tertiary/aromatic N) is 2. The van der Waals surface area contributed by atoms with Gasteiger partial charge in [-0.05, 0) is 47.1 Å². The monoisotopic (exact) mass is 372 g/mol. The number of halogens is 1. The van der Waals surface area contributed by atoms with Crippen molar-refractivity contribution in [1.29, 1.82) is 0 Å². The summed E-state index contributed by atoms with van der Waals surface area (Å²) in [6.45, 7) is 1.96. The Kier molecular flexibility index (Phi) is 4.53. The molecule has 110 valence electrons. The highest BCUT2D eigenvalue weighted by atomic mass is 79.9. The van der Waals surface area contributed by atoms with E-state index in [0.29, 0.717) is 0 Å². The number of methoxy groups -OCH3 is 1. The Bertz CT molecular complexity index is 879. The second-order valence-electron chi connectivity index (χ2n) is 4.75. The van der Waals surface area contributed by atoms with Crippen molar-refractivity contribution in [3.8, 4) is 11.8 Å². The number of pyridine rings is 1. The minimum absolute atomic E-state index is 0.0524. The number of ether oxygens (including phenoxy) is 1. The lowest BCUT2D eigenvalue weighted by Crippen LogP contribution is -2.00. The molecule has 0 N–H and O–H groups in total. The lowest BCUT2D eigenvalue weighted by atomic mass is 10.2. The molecule has 0 radical (unpaired) electrons. The summed E-state index contributed by atoms with van der Waals surface area (Å²) >= 11 is 5.15. The molecule has 0 spiro atoms. The van der Waals surface area contributed by atoms with Crippen LogP contribution in [-0.2, 0) is 4.74 Å². The van der Waals surface area contributed by atoms with Crippen LogP contribution in [0, 0.1) is 11.8 Å². The zero-order chi connectivity index (χ0) is 15.5. The predicted molar refractivity (Wildman–Crippen MR) is 93.0 cm³/mol. The molecule has 3 nitrogen and oxygen atoms in total. The molecule has 5 heteroatoms. The molecule has 0 saturated carbocycles. The number of benzene rings is 1. The van der Waals surface area contributed by atoms with Crippen LogP contribution >= 0.6 is 27.3 Å². The van der Waals surface area contributed by atoms with Gasteiger partial charge in [0.2, 0.25) is 0 Å². The number of fused-ring (bicyclic) bond motifs is 1. The van der Waals surface area contributed by atoms with Crippen molar-refractivity contribution in [2.24, 2.45) is 0 Å². The van der Waals surface area contributed by atoms with Crippen LogP contribution in [0.4, 0.5) is 0 Å². The average Bonchev–Trinajstić information content (AvgIpc) is 3.00. The quantitative estimate of drug-likeness (QED) is 0.618. The molecule has 2 aromatic heterocycles. The highest BCUT2D eigenvalue weighted by Crippen LogP contribution is 2.24. The lowest BCUT2D eigenvalue weighted by molar-refractivity contribution is 0.115. The summed E-state index contributed by atoms with van der Waals surface area (Å²) < 4.78 is 7.37. The molecule has 0 aliphatic heterocycles. The van der Waals surface area contributed by atoms with Gasteiger partial charge in [-0.2, -0.15) is 0 Å². The third kappa shape index (κ3) is 3.20. The molecule has 2 heterocycles. The van der Waals surface area contributed by atoms with Crippen LogP contribution in [0.5, 0.6) is 0 Å². The van der Waals surface area contributed by atoms with Crippen molar-refractivity contribution in [2.45, 2.75) is 13.0 Å². The molecule has 0 fully saturated rings. The van der Waals surface area contributed by atoms with E-state index in [2.05, 4.69) is 43.8 Å². The van der Waals surface area contributed by atoms with Crippen molar-refractivity contribution in [3.05, 3.63) is 57.3 Å². The van der Waals surface area contributed by atoms with Crippen LogP contribution < -0.4 is 0 Å². The van der Waals surface area contributed by atoms with Gasteiger partial charge >= 0.3 is 0 Å². The van der Waals surface area contributed by atoms with Crippen molar-refractivity contribution in [1.82, 2.24) is 9.97 Å². The molecule has 3 aromatic rings. The summed E-state index contributed by atoms with van der Waals surface area (Å²) in [5.74, 6) is 6.29. The lowest BCUT2D eigenvalue weighted by Gasteiger charge is -2.10. The summed E-state index contributed by atoms with van der Waals surface area (Å²) in [6, 6.07) is 8.03. The number of thiazole rings is 1. The molecule has 3 rings (SSSR count). The zero-order valence-electron chi connectivity index (χ0n) is 12.1. The summed E-state index contributed by atoms with van der Waals surface area (Å²) in [4.78, 5) is 8.72. The molecular formula is C17H13BrN2OS. The van der Waals surface area contributed by atoms with Gasteiger partial charge in [-0.25, -0.2) is 4.98 Å². The van der Waals surface area contributed by atoms with E-state index in [-0.39, 0.29) is 6.10 Å². The van der Waals surface area contributed by atoms with E-state index >= 15 is 0 Å².